The number of halogens is 3. The van der Waals surface area contributed by atoms with E-state index in [1.807, 2.05) is 16.8 Å². The van der Waals surface area contributed by atoms with Gasteiger partial charge in [-0.15, -0.1) is 11.3 Å². The number of hydrogen-bond acceptors (Lipinski definition) is 5. The molecule has 0 aliphatic heterocycles. The molecule has 9 heteroatoms. The zero-order chi connectivity index (χ0) is 18.6. The molecule has 0 bridgehead atoms. The van der Waals surface area contributed by atoms with Gasteiger partial charge in [-0.3, -0.25) is 4.79 Å². The zero-order valence-electron chi connectivity index (χ0n) is 13.2. The molecule has 26 heavy (non-hydrogen) atoms. The van der Waals surface area contributed by atoms with Crippen molar-refractivity contribution in [1.82, 2.24) is 10.3 Å². The summed E-state index contributed by atoms with van der Waals surface area (Å²) in [6, 6.07) is 8.01. The molecule has 0 aliphatic carbocycles. The van der Waals surface area contributed by atoms with Crippen LogP contribution in [0.1, 0.15) is 16.1 Å². The van der Waals surface area contributed by atoms with Gasteiger partial charge in [0.15, 0.2) is 6.61 Å². The molecule has 3 aromatic rings. The van der Waals surface area contributed by atoms with Crippen LogP contribution in [0.25, 0.3) is 10.6 Å². The summed E-state index contributed by atoms with van der Waals surface area (Å²) >= 11 is 2.95. The van der Waals surface area contributed by atoms with Crippen molar-refractivity contribution in [3.05, 3.63) is 57.7 Å². The molecule has 0 fully saturated rings. The second-order valence-electron chi connectivity index (χ2n) is 5.28. The molecule has 136 valence electrons. The highest BCUT2D eigenvalue weighted by Crippen LogP contribution is 2.25. The molecular weight excluding hydrogens is 385 g/mol. The summed E-state index contributed by atoms with van der Waals surface area (Å²) in [7, 11) is 0. The first-order chi connectivity index (χ1) is 12.4. The van der Waals surface area contributed by atoms with Gasteiger partial charge in [-0.05, 0) is 29.1 Å². The van der Waals surface area contributed by atoms with E-state index in [1.165, 1.54) is 23.5 Å². The number of hydrogen-bond donors (Lipinski definition) is 1. The molecule has 0 spiro atoms. The summed E-state index contributed by atoms with van der Waals surface area (Å²) in [5.74, 6) is -0.183. The quantitative estimate of drug-likeness (QED) is 0.652. The van der Waals surface area contributed by atoms with E-state index in [-0.39, 0.29) is 18.2 Å². The fraction of sp³-hybridized carbons (Fsp3) is 0.176. The molecule has 2 heterocycles. The van der Waals surface area contributed by atoms with Gasteiger partial charge >= 0.3 is 6.18 Å². The number of nitrogens with one attached hydrogen (secondary N) is 1. The lowest BCUT2D eigenvalue weighted by atomic mass is 10.2. The fourth-order valence-corrected chi connectivity index (χ4v) is 3.55. The van der Waals surface area contributed by atoms with Gasteiger partial charge in [-0.25, -0.2) is 4.98 Å². The van der Waals surface area contributed by atoms with Crippen molar-refractivity contribution in [2.45, 2.75) is 12.7 Å². The van der Waals surface area contributed by atoms with E-state index in [2.05, 4.69) is 15.0 Å². The maximum absolute atomic E-state index is 12.2. The number of ether oxygens (including phenoxy) is 1. The van der Waals surface area contributed by atoms with Crippen LogP contribution in [0.5, 0.6) is 5.75 Å². The number of rotatable bonds is 6. The summed E-state index contributed by atoms with van der Waals surface area (Å²) in [6.45, 7) is -1.09. The van der Waals surface area contributed by atoms with Crippen LogP contribution < -0.4 is 10.1 Å². The van der Waals surface area contributed by atoms with Gasteiger partial charge in [0.25, 0.3) is 5.91 Å². The number of amides is 1. The van der Waals surface area contributed by atoms with Gasteiger partial charge in [0.1, 0.15) is 16.5 Å². The molecule has 3 rings (SSSR count). The normalized spacial score (nSPS) is 11.3. The molecule has 0 aliphatic rings. The topological polar surface area (TPSA) is 51.2 Å². The smallest absolute Gasteiger partial charge is 0.422 e. The minimum Gasteiger partial charge on any atom is -0.484 e. The number of carbonyl (C=O) groups is 1. The summed E-state index contributed by atoms with van der Waals surface area (Å²) in [5.41, 5.74) is 2.06. The van der Waals surface area contributed by atoms with Crippen LogP contribution in [0.2, 0.25) is 0 Å². The van der Waals surface area contributed by atoms with Gasteiger partial charge in [-0.2, -0.15) is 24.5 Å². The van der Waals surface area contributed by atoms with Crippen molar-refractivity contribution in [1.29, 1.82) is 0 Å². The van der Waals surface area contributed by atoms with Crippen LogP contribution in [0.3, 0.4) is 0 Å². The second kappa shape index (κ2) is 7.88. The molecule has 1 amide bonds. The lowest BCUT2D eigenvalue weighted by Gasteiger charge is -2.09. The monoisotopic (exact) mass is 398 g/mol. The first kappa shape index (κ1) is 18.4. The third kappa shape index (κ3) is 5.06. The first-order valence-corrected chi connectivity index (χ1v) is 9.28. The molecule has 4 nitrogen and oxygen atoms in total. The molecule has 0 atom stereocenters. The van der Waals surface area contributed by atoms with Gasteiger partial charge in [0.2, 0.25) is 0 Å². The average molecular weight is 398 g/mol. The SMILES string of the molecule is O=C(NCc1ccc(OCC(F)(F)F)cc1)c1csc(-c2ccsc2)n1. The summed E-state index contributed by atoms with van der Waals surface area (Å²) in [5, 5.41) is 9.11. The van der Waals surface area contributed by atoms with Gasteiger partial charge in [0.05, 0.1) is 0 Å². The van der Waals surface area contributed by atoms with E-state index >= 15 is 0 Å². The van der Waals surface area contributed by atoms with E-state index in [1.54, 1.807) is 28.8 Å². The minimum atomic E-state index is -4.37. The number of nitrogens with zero attached hydrogens (tertiary/aromatic N) is 1. The van der Waals surface area contributed by atoms with Crippen molar-refractivity contribution in [2.75, 3.05) is 6.61 Å². The summed E-state index contributed by atoms with van der Waals surface area (Å²) in [4.78, 5) is 16.5. The molecule has 0 radical (unpaired) electrons. The Morgan fingerprint density at radius 1 is 1.15 bits per heavy atom. The third-order valence-electron chi connectivity index (χ3n) is 3.28. The van der Waals surface area contributed by atoms with Crippen LogP contribution in [-0.4, -0.2) is 23.7 Å². The number of aromatic nitrogens is 1. The van der Waals surface area contributed by atoms with E-state index in [4.69, 9.17) is 0 Å². The van der Waals surface area contributed by atoms with Crippen LogP contribution in [0, 0.1) is 0 Å². The highest BCUT2D eigenvalue weighted by atomic mass is 32.1. The Hall–Kier alpha value is -2.39. The molecule has 1 aromatic carbocycles. The average Bonchev–Trinajstić information content (AvgIpc) is 3.29. The van der Waals surface area contributed by atoms with Crippen molar-refractivity contribution in [2.24, 2.45) is 0 Å². The Kier molecular flexibility index (Phi) is 5.58. The molecule has 0 saturated heterocycles. The van der Waals surface area contributed by atoms with Gasteiger partial charge < -0.3 is 10.1 Å². The van der Waals surface area contributed by atoms with Crippen molar-refractivity contribution < 1.29 is 22.7 Å². The molecule has 0 unspecified atom stereocenters. The van der Waals surface area contributed by atoms with Crippen LogP contribution in [-0.2, 0) is 6.54 Å². The molecule has 2 aromatic heterocycles. The zero-order valence-corrected chi connectivity index (χ0v) is 14.9. The number of thiazole rings is 1. The second-order valence-corrected chi connectivity index (χ2v) is 6.92. The predicted molar refractivity (Wildman–Crippen MR) is 94.6 cm³/mol. The Bertz CT molecular complexity index is 859. The van der Waals surface area contributed by atoms with E-state index < -0.39 is 12.8 Å². The Morgan fingerprint density at radius 2 is 1.92 bits per heavy atom. The first-order valence-electron chi connectivity index (χ1n) is 7.45. The standard InChI is InChI=1S/C17H13F3N2O2S2/c18-17(19,20)10-24-13-3-1-11(2-4-13)7-21-15(23)14-9-26-16(22-14)12-5-6-25-8-12/h1-6,8-9H,7,10H2,(H,21,23). The number of thiophene rings is 1. The maximum atomic E-state index is 12.2. The molecular formula is C17H13F3N2O2S2. The lowest BCUT2D eigenvalue weighted by molar-refractivity contribution is -0.153. The van der Waals surface area contributed by atoms with E-state index in [0.29, 0.717) is 5.69 Å². The number of benzene rings is 1. The highest BCUT2D eigenvalue weighted by Gasteiger charge is 2.28. The fourth-order valence-electron chi connectivity index (χ4n) is 2.04. The Labute approximate surface area is 155 Å². The van der Waals surface area contributed by atoms with Gasteiger partial charge in [0, 0.05) is 22.9 Å². The summed E-state index contributed by atoms with van der Waals surface area (Å²) < 4.78 is 41.0. The van der Waals surface area contributed by atoms with E-state index in [9.17, 15) is 18.0 Å². The van der Waals surface area contributed by atoms with E-state index in [0.717, 1.165) is 16.1 Å². The molecule has 1 N–H and O–H groups in total. The van der Waals surface area contributed by atoms with Crippen LogP contribution >= 0.6 is 22.7 Å². The third-order valence-corrected chi connectivity index (χ3v) is 4.86. The van der Waals surface area contributed by atoms with Crippen molar-refractivity contribution >= 4 is 28.6 Å². The predicted octanol–water partition coefficient (Wildman–Crippen LogP) is 4.74. The van der Waals surface area contributed by atoms with Crippen LogP contribution in [0.15, 0.2) is 46.5 Å². The summed E-state index contributed by atoms with van der Waals surface area (Å²) in [6.07, 6.45) is -4.37. The maximum Gasteiger partial charge on any atom is 0.422 e. The minimum absolute atomic E-state index is 0.123. The highest BCUT2D eigenvalue weighted by molar-refractivity contribution is 7.14. The van der Waals surface area contributed by atoms with Crippen molar-refractivity contribution in [3.8, 4) is 16.3 Å². The Morgan fingerprint density at radius 3 is 2.58 bits per heavy atom. The number of alkyl halides is 3. The van der Waals surface area contributed by atoms with Crippen molar-refractivity contribution in [3.63, 3.8) is 0 Å². The lowest BCUT2D eigenvalue weighted by Crippen LogP contribution is -2.23. The Balaban J connectivity index is 1.53. The molecule has 0 saturated carbocycles. The van der Waals surface area contributed by atoms with Gasteiger partial charge in [-0.1, -0.05) is 12.1 Å². The number of carbonyl (C=O) groups excluding carboxylic acids is 1. The largest absolute Gasteiger partial charge is 0.484 e. The van der Waals surface area contributed by atoms with Crippen LogP contribution in [0.4, 0.5) is 13.2 Å².